The Morgan fingerprint density at radius 2 is 2.12 bits per heavy atom. The minimum Gasteiger partial charge on any atom is -0.477 e. The van der Waals surface area contributed by atoms with Gasteiger partial charge in [-0.2, -0.15) is 11.8 Å². The highest BCUT2D eigenvalue weighted by Crippen LogP contribution is 2.13. The molecule has 1 aliphatic rings. The lowest BCUT2D eigenvalue weighted by Crippen LogP contribution is -2.38. The van der Waals surface area contributed by atoms with Crippen molar-refractivity contribution in [1.29, 1.82) is 0 Å². The molecular formula is C9H11N3O3S. The molecule has 1 saturated heterocycles. The van der Waals surface area contributed by atoms with Crippen LogP contribution in [0, 0.1) is 0 Å². The zero-order valence-corrected chi connectivity index (χ0v) is 9.29. The van der Waals surface area contributed by atoms with Gasteiger partial charge in [0.25, 0.3) is 5.91 Å². The quantitative estimate of drug-likeness (QED) is 0.777. The number of rotatable bonds is 2. The lowest BCUT2D eigenvalue weighted by molar-refractivity contribution is 0.0671. The van der Waals surface area contributed by atoms with E-state index in [0.29, 0.717) is 13.1 Å². The summed E-state index contributed by atoms with van der Waals surface area (Å²) in [7, 11) is 0. The van der Waals surface area contributed by atoms with E-state index in [1.165, 1.54) is 6.33 Å². The number of H-pyrrole nitrogens is 1. The van der Waals surface area contributed by atoms with Gasteiger partial charge in [0.05, 0.1) is 6.33 Å². The number of carbonyl (C=O) groups is 2. The molecule has 1 amide bonds. The number of nitrogens with one attached hydrogen (secondary N) is 1. The van der Waals surface area contributed by atoms with Crippen LogP contribution in [0.2, 0.25) is 0 Å². The zero-order chi connectivity index (χ0) is 11.5. The van der Waals surface area contributed by atoms with Gasteiger partial charge in [-0.25, -0.2) is 9.78 Å². The monoisotopic (exact) mass is 241 g/mol. The second-order valence-corrected chi connectivity index (χ2v) is 4.56. The van der Waals surface area contributed by atoms with Crippen LogP contribution >= 0.6 is 11.8 Å². The third-order valence-corrected chi connectivity index (χ3v) is 3.30. The molecule has 0 aromatic carbocycles. The number of carbonyl (C=O) groups excluding carboxylic acids is 1. The third kappa shape index (κ3) is 2.04. The molecular weight excluding hydrogens is 230 g/mol. The maximum absolute atomic E-state index is 12.0. The topological polar surface area (TPSA) is 86.3 Å². The number of imidazole rings is 1. The van der Waals surface area contributed by atoms with E-state index in [2.05, 4.69) is 9.97 Å². The number of nitrogens with zero attached hydrogens (tertiary/aromatic N) is 2. The molecule has 2 heterocycles. The Kier molecular flexibility index (Phi) is 3.14. The van der Waals surface area contributed by atoms with Crippen molar-refractivity contribution < 1.29 is 14.7 Å². The number of thioether (sulfide) groups is 1. The number of hydrogen-bond donors (Lipinski definition) is 2. The minimum absolute atomic E-state index is 0.000556. The van der Waals surface area contributed by atoms with Crippen LogP contribution in [0.5, 0.6) is 0 Å². The molecule has 1 aromatic heterocycles. The van der Waals surface area contributed by atoms with E-state index in [0.717, 1.165) is 11.5 Å². The van der Waals surface area contributed by atoms with E-state index in [4.69, 9.17) is 5.11 Å². The highest BCUT2D eigenvalue weighted by atomic mass is 32.2. The molecule has 16 heavy (non-hydrogen) atoms. The molecule has 0 aliphatic carbocycles. The smallest absolute Gasteiger partial charge is 0.354 e. The van der Waals surface area contributed by atoms with Gasteiger partial charge in [0.1, 0.15) is 0 Å². The predicted octanol–water partition coefficient (Wildman–Crippen LogP) is 0.297. The van der Waals surface area contributed by atoms with Crippen molar-refractivity contribution in [1.82, 2.24) is 14.9 Å². The molecule has 2 rings (SSSR count). The Morgan fingerprint density at radius 3 is 2.75 bits per heavy atom. The number of carboxylic acid groups (broad SMARTS) is 1. The fraction of sp³-hybridized carbons (Fsp3) is 0.444. The van der Waals surface area contributed by atoms with Crippen molar-refractivity contribution in [3.63, 3.8) is 0 Å². The maximum atomic E-state index is 12.0. The van der Waals surface area contributed by atoms with Crippen molar-refractivity contribution in [2.75, 3.05) is 24.6 Å². The molecule has 0 spiro atoms. The summed E-state index contributed by atoms with van der Waals surface area (Å²) in [6.07, 6.45) is 1.23. The summed E-state index contributed by atoms with van der Waals surface area (Å²) in [4.78, 5) is 30.7. The lowest BCUT2D eigenvalue weighted by atomic mass is 10.3. The second kappa shape index (κ2) is 4.56. The first-order valence-electron chi connectivity index (χ1n) is 4.84. The summed E-state index contributed by atoms with van der Waals surface area (Å²) >= 11 is 1.79. The van der Waals surface area contributed by atoms with E-state index in [1.807, 2.05) is 0 Å². The molecule has 1 aromatic rings. The summed E-state index contributed by atoms with van der Waals surface area (Å²) < 4.78 is 0. The van der Waals surface area contributed by atoms with Crippen molar-refractivity contribution in [2.45, 2.75) is 0 Å². The van der Waals surface area contributed by atoms with Gasteiger partial charge in [-0.05, 0) is 0 Å². The average Bonchev–Trinajstić information content (AvgIpc) is 2.78. The Hall–Kier alpha value is -1.50. The fourth-order valence-electron chi connectivity index (χ4n) is 1.54. The molecule has 2 N–H and O–H groups in total. The predicted molar refractivity (Wildman–Crippen MR) is 58.8 cm³/mol. The molecule has 1 aliphatic heterocycles. The Bertz CT molecular complexity index is 412. The first-order chi connectivity index (χ1) is 7.70. The zero-order valence-electron chi connectivity index (χ0n) is 8.47. The minimum atomic E-state index is -1.16. The SMILES string of the molecule is O=C(O)c1[nH]cnc1C(=O)N1CCSCC1. The van der Waals surface area contributed by atoms with E-state index >= 15 is 0 Å². The van der Waals surface area contributed by atoms with Gasteiger partial charge in [-0.15, -0.1) is 0 Å². The van der Waals surface area contributed by atoms with E-state index in [9.17, 15) is 9.59 Å². The van der Waals surface area contributed by atoms with Crippen molar-refractivity contribution in [2.24, 2.45) is 0 Å². The van der Waals surface area contributed by atoms with Crippen LogP contribution in [0.15, 0.2) is 6.33 Å². The Morgan fingerprint density at radius 1 is 1.44 bits per heavy atom. The van der Waals surface area contributed by atoms with Crippen LogP contribution in [0.3, 0.4) is 0 Å². The van der Waals surface area contributed by atoms with E-state index in [1.54, 1.807) is 16.7 Å². The molecule has 0 unspecified atom stereocenters. The van der Waals surface area contributed by atoms with Gasteiger partial charge in [0.15, 0.2) is 11.4 Å². The van der Waals surface area contributed by atoms with Gasteiger partial charge < -0.3 is 15.0 Å². The van der Waals surface area contributed by atoms with Crippen LogP contribution < -0.4 is 0 Å². The second-order valence-electron chi connectivity index (χ2n) is 3.34. The number of aromatic amines is 1. The van der Waals surface area contributed by atoms with Crippen molar-refractivity contribution in [3.8, 4) is 0 Å². The number of amides is 1. The summed E-state index contributed by atoms with van der Waals surface area (Å²) in [5.74, 6) is 0.308. The summed E-state index contributed by atoms with van der Waals surface area (Å²) in [6, 6.07) is 0. The molecule has 0 atom stereocenters. The van der Waals surface area contributed by atoms with Gasteiger partial charge in [-0.3, -0.25) is 4.79 Å². The van der Waals surface area contributed by atoms with Crippen molar-refractivity contribution in [3.05, 3.63) is 17.7 Å². The highest BCUT2D eigenvalue weighted by molar-refractivity contribution is 7.99. The molecule has 0 radical (unpaired) electrons. The van der Waals surface area contributed by atoms with E-state index < -0.39 is 5.97 Å². The Balaban J connectivity index is 2.19. The fourth-order valence-corrected chi connectivity index (χ4v) is 2.44. The van der Waals surface area contributed by atoms with Gasteiger partial charge in [0, 0.05) is 24.6 Å². The number of aromatic carboxylic acids is 1. The number of aromatic nitrogens is 2. The summed E-state index contributed by atoms with van der Waals surface area (Å²) in [5.41, 5.74) is -0.136. The number of carboxylic acids is 1. The first kappa shape index (κ1) is 11.0. The molecule has 0 saturated carbocycles. The first-order valence-corrected chi connectivity index (χ1v) is 5.99. The normalized spacial score (nSPS) is 16.1. The van der Waals surface area contributed by atoms with Crippen LogP contribution in [0.25, 0.3) is 0 Å². The number of hydrogen-bond acceptors (Lipinski definition) is 4. The van der Waals surface area contributed by atoms with Crippen molar-refractivity contribution >= 4 is 23.6 Å². The van der Waals surface area contributed by atoms with Crippen LogP contribution in [0.1, 0.15) is 21.0 Å². The highest BCUT2D eigenvalue weighted by Gasteiger charge is 2.25. The molecule has 7 heteroatoms. The molecule has 6 nitrogen and oxygen atoms in total. The largest absolute Gasteiger partial charge is 0.477 e. The van der Waals surface area contributed by atoms with Gasteiger partial charge >= 0.3 is 5.97 Å². The molecule has 86 valence electrons. The third-order valence-electron chi connectivity index (χ3n) is 2.35. The standard InChI is InChI=1S/C9H11N3O3S/c13-8(12-1-3-16-4-2-12)6-7(9(14)15)11-5-10-6/h5H,1-4H2,(H,10,11)(H,14,15). The summed E-state index contributed by atoms with van der Waals surface area (Å²) in [6.45, 7) is 1.30. The van der Waals surface area contributed by atoms with Crippen LogP contribution in [0.4, 0.5) is 0 Å². The molecule has 0 bridgehead atoms. The van der Waals surface area contributed by atoms with E-state index in [-0.39, 0.29) is 17.3 Å². The van der Waals surface area contributed by atoms with Crippen LogP contribution in [-0.4, -0.2) is 56.4 Å². The van der Waals surface area contributed by atoms with Gasteiger partial charge in [-0.1, -0.05) is 0 Å². The Labute approximate surface area is 96.0 Å². The van der Waals surface area contributed by atoms with Crippen LogP contribution in [-0.2, 0) is 0 Å². The molecule has 1 fully saturated rings. The summed E-state index contributed by atoms with van der Waals surface area (Å²) in [5, 5.41) is 8.86. The lowest BCUT2D eigenvalue weighted by Gasteiger charge is -2.25. The average molecular weight is 241 g/mol. The maximum Gasteiger partial charge on any atom is 0.354 e. The van der Waals surface area contributed by atoms with Gasteiger partial charge in [0.2, 0.25) is 0 Å².